The van der Waals surface area contributed by atoms with Crippen LogP contribution in [0, 0.1) is 0 Å². The molecule has 0 aliphatic carbocycles. The van der Waals surface area contributed by atoms with Crippen LogP contribution in [0.5, 0.6) is 0 Å². The number of benzene rings is 9. The Morgan fingerprint density at radius 3 is 1.65 bits per heavy atom. The van der Waals surface area contributed by atoms with Gasteiger partial charge in [0, 0.05) is 43.9 Å². The van der Waals surface area contributed by atoms with E-state index in [2.05, 4.69) is 240 Å². The molecule has 9 aromatic carbocycles. The SMILES string of the molecule is c1ccc(-c2nc(-c3ccccc3-n3c4ccccc4c4c3ccc3c5ccccc5n(-c5ccccc5)c34)c3c(n2)[Si](c2ccccc2)(c2ccccc2)c2ccccc2-3)cc1. The molecule has 0 amide bonds. The first-order chi connectivity index (χ1) is 31.3. The van der Waals surface area contributed by atoms with Crippen molar-refractivity contribution in [3.63, 3.8) is 0 Å². The van der Waals surface area contributed by atoms with Crippen molar-refractivity contribution in [2.75, 3.05) is 0 Å². The molecule has 5 heteroatoms. The summed E-state index contributed by atoms with van der Waals surface area (Å²) in [6.07, 6.45) is 0. The Morgan fingerprint density at radius 1 is 0.381 bits per heavy atom. The Hall–Kier alpha value is -8.12. The molecule has 3 aromatic heterocycles. The molecule has 0 unspecified atom stereocenters. The minimum atomic E-state index is -2.97. The molecular weight excluding hydrogens is 781 g/mol. The number of rotatable bonds is 6. The van der Waals surface area contributed by atoms with Crippen LogP contribution in [0.1, 0.15) is 0 Å². The second-order valence-electron chi connectivity index (χ2n) is 16.4. The molecule has 1 aliphatic heterocycles. The summed E-state index contributed by atoms with van der Waals surface area (Å²) in [5, 5.41) is 9.97. The zero-order valence-electron chi connectivity index (χ0n) is 34.2. The molecule has 0 saturated heterocycles. The highest BCUT2D eigenvalue weighted by molar-refractivity contribution is 7.21. The van der Waals surface area contributed by atoms with Crippen LogP contribution < -0.4 is 20.9 Å². The number of para-hydroxylation sites is 4. The van der Waals surface area contributed by atoms with Gasteiger partial charge >= 0.3 is 0 Å². The number of hydrogen-bond acceptors (Lipinski definition) is 2. The Morgan fingerprint density at radius 2 is 0.937 bits per heavy atom. The second kappa shape index (κ2) is 14.0. The summed E-state index contributed by atoms with van der Waals surface area (Å²) in [6.45, 7) is 0. The molecule has 4 nitrogen and oxygen atoms in total. The second-order valence-corrected chi connectivity index (χ2v) is 20.1. The predicted octanol–water partition coefficient (Wildman–Crippen LogP) is 11.4. The monoisotopic (exact) mass is 818 g/mol. The number of hydrogen-bond donors (Lipinski definition) is 0. The van der Waals surface area contributed by atoms with Crippen molar-refractivity contribution in [1.29, 1.82) is 0 Å². The summed E-state index contributed by atoms with van der Waals surface area (Å²) < 4.78 is 4.93. The van der Waals surface area contributed by atoms with E-state index in [0.717, 1.165) is 55.9 Å². The molecule has 4 heterocycles. The Kier molecular flexibility index (Phi) is 7.89. The first kappa shape index (κ1) is 35.6. The van der Waals surface area contributed by atoms with E-state index in [9.17, 15) is 0 Å². The third-order valence-corrected chi connectivity index (χ3v) is 17.9. The topological polar surface area (TPSA) is 35.6 Å². The summed E-state index contributed by atoms with van der Waals surface area (Å²) >= 11 is 0. The highest BCUT2D eigenvalue weighted by Gasteiger charge is 2.51. The smallest absolute Gasteiger partial charge is 0.203 e. The van der Waals surface area contributed by atoms with Crippen molar-refractivity contribution in [3.05, 3.63) is 231 Å². The van der Waals surface area contributed by atoms with Gasteiger partial charge in [0.25, 0.3) is 0 Å². The molecule has 12 aromatic rings. The molecule has 294 valence electrons. The van der Waals surface area contributed by atoms with E-state index in [0.29, 0.717) is 0 Å². The highest BCUT2D eigenvalue weighted by Crippen LogP contribution is 2.45. The van der Waals surface area contributed by atoms with Gasteiger partial charge in [0.1, 0.15) is 0 Å². The van der Waals surface area contributed by atoms with Crippen molar-refractivity contribution < 1.29 is 0 Å². The minimum Gasteiger partial charge on any atom is -0.309 e. The van der Waals surface area contributed by atoms with Crippen LogP contribution in [0.3, 0.4) is 0 Å². The van der Waals surface area contributed by atoms with Gasteiger partial charge in [-0.05, 0) is 57.5 Å². The largest absolute Gasteiger partial charge is 0.309 e. The molecule has 0 fully saturated rings. The van der Waals surface area contributed by atoms with Crippen molar-refractivity contribution in [2.45, 2.75) is 0 Å². The molecule has 1 aliphatic rings. The average Bonchev–Trinajstić information content (AvgIpc) is 3.99. The molecule has 0 spiro atoms. The van der Waals surface area contributed by atoms with Crippen molar-refractivity contribution in [1.82, 2.24) is 19.1 Å². The number of aromatic nitrogens is 4. The number of nitrogens with zero attached hydrogens (tertiary/aromatic N) is 4. The third-order valence-electron chi connectivity index (χ3n) is 13.2. The Balaban J connectivity index is 1.17. The molecule has 0 saturated carbocycles. The lowest BCUT2D eigenvalue weighted by atomic mass is 9.99. The van der Waals surface area contributed by atoms with Gasteiger partial charge in [0.15, 0.2) is 5.82 Å². The van der Waals surface area contributed by atoms with Gasteiger partial charge in [-0.15, -0.1) is 0 Å². The molecule has 0 atom stereocenters. The van der Waals surface area contributed by atoms with Crippen molar-refractivity contribution in [2.24, 2.45) is 0 Å². The first-order valence-electron chi connectivity index (χ1n) is 21.6. The van der Waals surface area contributed by atoms with Crippen molar-refractivity contribution >= 4 is 72.6 Å². The minimum absolute atomic E-state index is 0.729. The predicted molar refractivity (Wildman–Crippen MR) is 264 cm³/mol. The van der Waals surface area contributed by atoms with Crippen LogP contribution in [-0.2, 0) is 0 Å². The Labute approximate surface area is 365 Å². The summed E-state index contributed by atoms with van der Waals surface area (Å²) in [5.41, 5.74) is 12.2. The van der Waals surface area contributed by atoms with Gasteiger partial charge in [0.2, 0.25) is 8.07 Å². The lowest BCUT2D eigenvalue weighted by Crippen LogP contribution is -2.73. The average molecular weight is 819 g/mol. The fourth-order valence-electron chi connectivity index (χ4n) is 10.7. The van der Waals surface area contributed by atoms with E-state index in [1.54, 1.807) is 0 Å². The fourth-order valence-corrected chi connectivity index (χ4v) is 15.7. The van der Waals surface area contributed by atoms with E-state index in [1.807, 2.05) is 0 Å². The van der Waals surface area contributed by atoms with Gasteiger partial charge in [-0.1, -0.05) is 194 Å². The van der Waals surface area contributed by atoms with Crippen LogP contribution >= 0.6 is 0 Å². The standard InChI is InChI=1S/C58H38N4Si/c1-5-21-39(22-6-1)57-59-55(54-47-32-16-20-36-52(47)63(58(54)60-57,41-25-9-3-10-26-41)42-27-11-4-12-28-42)46-31-15-19-35-50(46)62-49-34-18-14-30-45(49)53-51(62)38-37-44-43-29-13-17-33-48(43)61(56(44)53)40-23-7-2-8-24-40/h1-38H. The summed E-state index contributed by atoms with van der Waals surface area (Å²) in [5.74, 6) is 0.729. The fraction of sp³-hybridized carbons (Fsp3) is 0. The maximum atomic E-state index is 5.76. The quantitative estimate of drug-likeness (QED) is 0.157. The molecule has 63 heavy (non-hydrogen) atoms. The van der Waals surface area contributed by atoms with Crippen molar-refractivity contribution in [3.8, 4) is 45.1 Å². The zero-order chi connectivity index (χ0) is 41.5. The van der Waals surface area contributed by atoms with Gasteiger partial charge in [-0.3, -0.25) is 0 Å². The highest BCUT2D eigenvalue weighted by atomic mass is 28.3. The van der Waals surface area contributed by atoms with Gasteiger partial charge in [0.05, 0.1) is 38.8 Å². The number of fused-ring (bicyclic) bond motifs is 10. The third kappa shape index (κ3) is 5.08. The molecule has 0 bridgehead atoms. The Bertz CT molecular complexity index is 3690. The zero-order valence-corrected chi connectivity index (χ0v) is 35.2. The van der Waals surface area contributed by atoms with E-state index >= 15 is 0 Å². The maximum Gasteiger partial charge on any atom is 0.203 e. The van der Waals surface area contributed by atoms with Crippen LogP contribution in [0.25, 0.3) is 88.8 Å². The van der Waals surface area contributed by atoms with E-state index in [4.69, 9.17) is 9.97 Å². The normalized spacial score (nSPS) is 12.9. The van der Waals surface area contributed by atoms with E-state index < -0.39 is 8.07 Å². The molecule has 0 N–H and O–H groups in total. The van der Waals surface area contributed by atoms with E-state index in [-0.39, 0.29) is 0 Å². The van der Waals surface area contributed by atoms with Crippen LogP contribution in [-0.4, -0.2) is 27.2 Å². The van der Waals surface area contributed by atoms with Crippen LogP contribution in [0.15, 0.2) is 231 Å². The van der Waals surface area contributed by atoms with Crippen LogP contribution in [0.4, 0.5) is 0 Å². The maximum absolute atomic E-state index is 5.76. The molecular formula is C58H38N4Si. The molecule has 13 rings (SSSR count). The first-order valence-corrected chi connectivity index (χ1v) is 23.6. The lowest BCUT2D eigenvalue weighted by molar-refractivity contribution is 1.16. The van der Waals surface area contributed by atoms with Gasteiger partial charge in [-0.25, -0.2) is 9.97 Å². The van der Waals surface area contributed by atoms with E-state index in [1.165, 1.54) is 53.7 Å². The molecule has 0 radical (unpaired) electrons. The summed E-state index contributed by atoms with van der Waals surface area (Å²) in [7, 11) is -2.97. The van der Waals surface area contributed by atoms with Gasteiger partial charge in [-0.2, -0.15) is 0 Å². The van der Waals surface area contributed by atoms with Crippen LogP contribution in [0.2, 0.25) is 0 Å². The van der Waals surface area contributed by atoms with Gasteiger partial charge < -0.3 is 9.13 Å². The summed E-state index contributed by atoms with van der Waals surface area (Å²) in [4.78, 5) is 11.5. The summed E-state index contributed by atoms with van der Waals surface area (Å²) in [6, 6.07) is 83.7. The lowest BCUT2D eigenvalue weighted by Gasteiger charge is -2.30.